The van der Waals surface area contributed by atoms with Crippen LogP contribution in [0.15, 0.2) is 47.6 Å². The van der Waals surface area contributed by atoms with Crippen LogP contribution in [0.4, 0.5) is 11.4 Å². The number of carbonyl (C=O) groups is 2. The zero-order valence-electron chi connectivity index (χ0n) is 15.9. The molecular formula is C20H23N3O5. The molecule has 1 heterocycles. The van der Waals surface area contributed by atoms with E-state index < -0.39 is 0 Å². The van der Waals surface area contributed by atoms with E-state index in [0.717, 1.165) is 34.1 Å². The van der Waals surface area contributed by atoms with Crippen molar-refractivity contribution in [3.63, 3.8) is 0 Å². The Morgan fingerprint density at radius 1 is 1.11 bits per heavy atom. The number of hydrazone groups is 1. The van der Waals surface area contributed by atoms with Crippen molar-refractivity contribution in [2.45, 2.75) is 13.3 Å². The summed E-state index contributed by atoms with van der Waals surface area (Å²) in [7, 11) is 3.25. The van der Waals surface area contributed by atoms with Crippen LogP contribution in [0.1, 0.15) is 18.9 Å². The van der Waals surface area contributed by atoms with Crippen LogP contribution in [0.3, 0.4) is 0 Å². The molecule has 2 aromatic rings. The van der Waals surface area contributed by atoms with Crippen LogP contribution in [0.25, 0.3) is 0 Å². The second-order valence-corrected chi connectivity index (χ2v) is 6.05. The van der Waals surface area contributed by atoms with E-state index in [9.17, 15) is 4.79 Å². The van der Waals surface area contributed by atoms with Crippen LogP contribution in [0.2, 0.25) is 0 Å². The van der Waals surface area contributed by atoms with E-state index in [4.69, 9.17) is 19.4 Å². The van der Waals surface area contributed by atoms with Gasteiger partial charge in [0, 0.05) is 41.9 Å². The number of benzene rings is 2. The van der Waals surface area contributed by atoms with Crippen LogP contribution >= 0.6 is 0 Å². The minimum absolute atomic E-state index is 0.0403. The normalized spacial score (nSPS) is 15.3. The maximum Gasteiger partial charge on any atom is 0.290 e. The molecule has 8 nitrogen and oxygen atoms in total. The molecule has 0 saturated heterocycles. The van der Waals surface area contributed by atoms with Crippen molar-refractivity contribution in [3.05, 3.63) is 48.0 Å². The van der Waals surface area contributed by atoms with E-state index in [1.807, 2.05) is 49.4 Å². The average Bonchev–Trinajstić information content (AvgIpc) is 2.69. The van der Waals surface area contributed by atoms with Crippen molar-refractivity contribution >= 4 is 29.5 Å². The lowest BCUT2D eigenvalue weighted by Crippen LogP contribution is -2.31. The van der Waals surface area contributed by atoms with E-state index in [1.165, 1.54) is 0 Å². The zero-order chi connectivity index (χ0) is 20.5. The maximum atomic E-state index is 11.4. The number of hydrogen-bond acceptors (Lipinski definition) is 6. The molecule has 0 spiro atoms. The van der Waals surface area contributed by atoms with Gasteiger partial charge in [0.05, 0.1) is 19.9 Å². The minimum Gasteiger partial charge on any atom is -0.497 e. The van der Waals surface area contributed by atoms with Gasteiger partial charge in [0.2, 0.25) is 5.91 Å². The van der Waals surface area contributed by atoms with Gasteiger partial charge in [-0.3, -0.25) is 9.59 Å². The van der Waals surface area contributed by atoms with Crippen molar-refractivity contribution < 1.29 is 24.2 Å². The number of methoxy groups -OCH3 is 2. The SMILES string of the molecule is COc1cc(Nc2ccc(C3=NNC(=O)C[C@H]3C)cc2)cc(OC)c1.O=CO. The number of carbonyl (C=O) groups excluding carboxylic acids is 1. The summed E-state index contributed by atoms with van der Waals surface area (Å²) in [6, 6.07) is 13.6. The van der Waals surface area contributed by atoms with Gasteiger partial charge >= 0.3 is 0 Å². The molecule has 0 bridgehead atoms. The molecule has 2 aromatic carbocycles. The van der Waals surface area contributed by atoms with Gasteiger partial charge in [-0.15, -0.1) is 0 Å². The van der Waals surface area contributed by atoms with Gasteiger partial charge in [0.15, 0.2) is 0 Å². The van der Waals surface area contributed by atoms with Gasteiger partial charge in [-0.2, -0.15) is 5.10 Å². The quantitative estimate of drug-likeness (QED) is 0.683. The lowest BCUT2D eigenvalue weighted by molar-refractivity contribution is -0.123. The van der Waals surface area contributed by atoms with Crippen LogP contribution in [-0.4, -0.2) is 37.4 Å². The Morgan fingerprint density at radius 2 is 1.68 bits per heavy atom. The van der Waals surface area contributed by atoms with Crippen molar-refractivity contribution in [2.24, 2.45) is 11.0 Å². The average molecular weight is 385 g/mol. The number of ether oxygens (including phenoxy) is 2. The highest BCUT2D eigenvalue weighted by Gasteiger charge is 2.21. The van der Waals surface area contributed by atoms with Gasteiger partial charge < -0.3 is 19.9 Å². The van der Waals surface area contributed by atoms with Gasteiger partial charge in [0.25, 0.3) is 6.47 Å². The molecule has 28 heavy (non-hydrogen) atoms. The lowest BCUT2D eigenvalue weighted by atomic mass is 9.94. The summed E-state index contributed by atoms with van der Waals surface area (Å²) in [5, 5.41) is 14.4. The highest BCUT2D eigenvalue weighted by Crippen LogP contribution is 2.28. The molecule has 1 aliphatic rings. The molecule has 0 saturated carbocycles. The highest BCUT2D eigenvalue weighted by molar-refractivity contribution is 6.05. The molecule has 148 valence electrons. The Balaban J connectivity index is 0.000000878. The monoisotopic (exact) mass is 385 g/mol. The lowest BCUT2D eigenvalue weighted by Gasteiger charge is -2.19. The molecule has 1 aliphatic heterocycles. The van der Waals surface area contributed by atoms with Crippen LogP contribution in [0.5, 0.6) is 11.5 Å². The summed E-state index contributed by atoms with van der Waals surface area (Å²) in [4.78, 5) is 19.7. The van der Waals surface area contributed by atoms with Crippen molar-refractivity contribution in [3.8, 4) is 11.5 Å². The topological polar surface area (TPSA) is 109 Å². The first-order valence-corrected chi connectivity index (χ1v) is 8.55. The Morgan fingerprint density at radius 3 is 2.18 bits per heavy atom. The summed E-state index contributed by atoms with van der Waals surface area (Å²) in [5.41, 5.74) is 6.26. The second kappa shape index (κ2) is 9.96. The Hall–Kier alpha value is -3.55. The van der Waals surface area contributed by atoms with E-state index >= 15 is 0 Å². The first-order valence-electron chi connectivity index (χ1n) is 8.55. The third kappa shape index (κ3) is 5.47. The number of anilines is 2. The first kappa shape index (κ1) is 20.8. The summed E-state index contributed by atoms with van der Waals surface area (Å²) >= 11 is 0. The fraction of sp³-hybridized carbons (Fsp3) is 0.250. The van der Waals surface area contributed by atoms with Gasteiger partial charge in [-0.05, 0) is 17.7 Å². The Kier molecular flexibility index (Phi) is 7.38. The summed E-state index contributed by atoms with van der Waals surface area (Å²) < 4.78 is 10.6. The van der Waals surface area contributed by atoms with Crippen LogP contribution < -0.4 is 20.2 Å². The van der Waals surface area contributed by atoms with Gasteiger partial charge in [0.1, 0.15) is 11.5 Å². The van der Waals surface area contributed by atoms with Gasteiger partial charge in [-0.25, -0.2) is 5.43 Å². The Bertz CT molecular complexity index is 827. The van der Waals surface area contributed by atoms with Crippen LogP contribution in [-0.2, 0) is 9.59 Å². The molecule has 0 aromatic heterocycles. The number of hydrogen-bond donors (Lipinski definition) is 3. The first-order chi connectivity index (χ1) is 13.5. The summed E-state index contributed by atoms with van der Waals surface area (Å²) in [6.07, 6.45) is 0.461. The maximum absolute atomic E-state index is 11.4. The molecular weight excluding hydrogens is 362 g/mol. The molecule has 0 unspecified atom stereocenters. The fourth-order valence-electron chi connectivity index (χ4n) is 2.77. The van der Waals surface area contributed by atoms with E-state index in [0.29, 0.717) is 6.42 Å². The van der Waals surface area contributed by atoms with Crippen molar-refractivity contribution in [1.82, 2.24) is 5.43 Å². The van der Waals surface area contributed by atoms with Gasteiger partial charge in [-0.1, -0.05) is 19.1 Å². The molecule has 8 heteroatoms. The third-order valence-corrected chi connectivity index (χ3v) is 4.08. The number of carboxylic acid groups (broad SMARTS) is 1. The number of amides is 1. The molecule has 0 radical (unpaired) electrons. The van der Waals surface area contributed by atoms with E-state index in [-0.39, 0.29) is 18.3 Å². The summed E-state index contributed by atoms with van der Waals surface area (Å²) in [6.45, 7) is 1.76. The van der Waals surface area contributed by atoms with E-state index in [2.05, 4.69) is 15.8 Å². The molecule has 1 amide bonds. The predicted molar refractivity (Wildman–Crippen MR) is 106 cm³/mol. The predicted octanol–water partition coefficient (Wildman–Crippen LogP) is 3.01. The zero-order valence-corrected chi connectivity index (χ0v) is 15.9. The molecule has 1 atom stereocenters. The smallest absolute Gasteiger partial charge is 0.290 e. The number of rotatable bonds is 5. The highest BCUT2D eigenvalue weighted by atomic mass is 16.5. The third-order valence-electron chi connectivity index (χ3n) is 4.08. The van der Waals surface area contributed by atoms with E-state index in [1.54, 1.807) is 14.2 Å². The number of nitrogens with one attached hydrogen (secondary N) is 2. The Labute approximate surface area is 163 Å². The fourth-order valence-corrected chi connectivity index (χ4v) is 2.77. The van der Waals surface area contributed by atoms with Crippen LogP contribution in [0, 0.1) is 5.92 Å². The van der Waals surface area contributed by atoms with Crippen molar-refractivity contribution in [1.29, 1.82) is 0 Å². The van der Waals surface area contributed by atoms with Crippen molar-refractivity contribution in [2.75, 3.05) is 19.5 Å². The molecule has 0 fully saturated rings. The standard InChI is InChI=1S/C19H21N3O3.CH2O2/c1-12-8-18(23)21-22-19(12)13-4-6-14(7-5-13)20-15-9-16(24-2)11-17(10-15)25-3;2-1-3/h4-7,9-12,20H,8H2,1-3H3,(H,21,23);1H,(H,2,3)/t12-;/m1./s1. The largest absolute Gasteiger partial charge is 0.497 e. The molecule has 3 rings (SSSR count). The minimum atomic E-state index is -0.250. The molecule has 3 N–H and O–H groups in total. The number of nitrogens with zero attached hydrogens (tertiary/aromatic N) is 1. The summed E-state index contributed by atoms with van der Waals surface area (Å²) in [5.74, 6) is 1.51. The molecule has 0 aliphatic carbocycles. The second-order valence-electron chi connectivity index (χ2n) is 6.05.